The zero-order chi connectivity index (χ0) is 30.3. The Morgan fingerprint density at radius 2 is 1.79 bits per heavy atom. The largest absolute Gasteiger partial charge is 0.490 e. The Labute approximate surface area is 265 Å². The third kappa shape index (κ3) is 7.25. The van der Waals surface area contributed by atoms with Crippen LogP contribution in [0.2, 0.25) is 0 Å². The topological polar surface area (TPSA) is 87.5 Å². The molecule has 1 aromatic heterocycles. The molecule has 5 rings (SSSR count). The van der Waals surface area contributed by atoms with Crippen LogP contribution in [0.15, 0.2) is 87.6 Å². The second-order valence-corrected chi connectivity index (χ2v) is 12.1. The van der Waals surface area contributed by atoms with Gasteiger partial charge in [0, 0.05) is 11.4 Å². The summed E-state index contributed by atoms with van der Waals surface area (Å²) in [4.78, 5) is 18.5. The summed E-state index contributed by atoms with van der Waals surface area (Å²) in [5.41, 5.74) is 5.02. The number of nitrogens with zero attached hydrogens (tertiary/aromatic N) is 3. The maximum absolute atomic E-state index is 13.7. The molecular weight excluding hydrogens is 628 g/mol. The van der Waals surface area contributed by atoms with Crippen LogP contribution in [-0.4, -0.2) is 33.1 Å². The van der Waals surface area contributed by atoms with Gasteiger partial charge < -0.3 is 19.5 Å². The number of rotatable bonds is 12. The second kappa shape index (κ2) is 14.1. The minimum Gasteiger partial charge on any atom is -0.490 e. The van der Waals surface area contributed by atoms with Crippen LogP contribution < -0.4 is 14.8 Å². The summed E-state index contributed by atoms with van der Waals surface area (Å²) in [6.07, 6.45) is 0.994. The number of carbonyl (C=O) groups is 1. The first-order valence-corrected chi connectivity index (χ1v) is 16.1. The molecule has 0 amide bonds. The van der Waals surface area contributed by atoms with Crippen molar-refractivity contribution >= 4 is 39.6 Å². The lowest BCUT2D eigenvalue weighted by atomic mass is 9.95. The van der Waals surface area contributed by atoms with Gasteiger partial charge in [0.05, 0.1) is 16.7 Å². The summed E-state index contributed by atoms with van der Waals surface area (Å²) in [6.45, 7) is 8.95. The minimum absolute atomic E-state index is 0.157. The van der Waals surface area contributed by atoms with Gasteiger partial charge in [0.2, 0.25) is 11.1 Å². The van der Waals surface area contributed by atoms with E-state index in [4.69, 9.17) is 24.3 Å². The van der Waals surface area contributed by atoms with E-state index in [0.717, 1.165) is 28.9 Å². The average molecular weight is 664 g/mol. The Bertz CT molecular complexity index is 1620. The molecule has 1 N–H and O–H groups in total. The molecule has 2 heterocycles. The number of esters is 1. The monoisotopic (exact) mass is 662 g/mol. The lowest BCUT2D eigenvalue weighted by Crippen LogP contribution is -2.29. The van der Waals surface area contributed by atoms with Gasteiger partial charge >= 0.3 is 5.97 Å². The highest BCUT2D eigenvalue weighted by molar-refractivity contribution is 9.10. The molecule has 0 fully saturated rings. The van der Waals surface area contributed by atoms with E-state index in [1.165, 1.54) is 5.56 Å². The molecular formula is C33H35BrN4O4S. The van der Waals surface area contributed by atoms with Gasteiger partial charge in [-0.1, -0.05) is 78.8 Å². The molecule has 10 heteroatoms. The van der Waals surface area contributed by atoms with E-state index in [0.29, 0.717) is 51.6 Å². The van der Waals surface area contributed by atoms with E-state index >= 15 is 0 Å². The maximum atomic E-state index is 13.7. The predicted octanol–water partition coefficient (Wildman–Crippen LogP) is 7.86. The van der Waals surface area contributed by atoms with Crippen molar-refractivity contribution in [3.8, 4) is 11.5 Å². The van der Waals surface area contributed by atoms with Crippen LogP contribution in [0.25, 0.3) is 0 Å². The molecule has 0 spiro atoms. The van der Waals surface area contributed by atoms with Crippen LogP contribution in [0.1, 0.15) is 55.5 Å². The first kappa shape index (κ1) is 30.7. The summed E-state index contributed by atoms with van der Waals surface area (Å²) >= 11 is 5.31. The minimum atomic E-state index is -0.607. The van der Waals surface area contributed by atoms with E-state index < -0.39 is 12.0 Å². The fourth-order valence-corrected chi connectivity index (χ4v) is 6.12. The van der Waals surface area contributed by atoms with Crippen molar-refractivity contribution in [1.29, 1.82) is 0 Å². The van der Waals surface area contributed by atoms with Gasteiger partial charge in [0.1, 0.15) is 19.3 Å². The number of carbonyl (C=O) groups excluding carboxylic acids is 1. The van der Waals surface area contributed by atoms with Crippen LogP contribution in [-0.2, 0) is 22.7 Å². The van der Waals surface area contributed by atoms with Crippen molar-refractivity contribution in [3.05, 3.63) is 105 Å². The number of aromatic nitrogens is 3. The quantitative estimate of drug-likeness (QED) is 0.121. The number of halogens is 1. The predicted molar refractivity (Wildman–Crippen MR) is 173 cm³/mol. The highest BCUT2D eigenvalue weighted by Crippen LogP contribution is 2.43. The lowest BCUT2D eigenvalue weighted by Gasteiger charge is -2.29. The number of hydrogen-bond donors (Lipinski definition) is 1. The van der Waals surface area contributed by atoms with Crippen molar-refractivity contribution < 1.29 is 19.0 Å². The maximum Gasteiger partial charge on any atom is 0.338 e. The molecule has 8 nitrogen and oxygen atoms in total. The Morgan fingerprint density at radius 1 is 1.00 bits per heavy atom. The molecule has 0 saturated carbocycles. The number of allylic oxidation sites excluding steroid dienone is 1. The van der Waals surface area contributed by atoms with Crippen LogP contribution in [0.5, 0.6) is 11.5 Å². The fourth-order valence-electron chi connectivity index (χ4n) is 4.87. The molecule has 1 atom stereocenters. The summed E-state index contributed by atoms with van der Waals surface area (Å²) in [7, 11) is 0. The zero-order valence-electron chi connectivity index (χ0n) is 24.7. The van der Waals surface area contributed by atoms with Gasteiger partial charge in [-0.2, -0.15) is 4.98 Å². The van der Waals surface area contributed by atoms with Crippen LogP contribution in [0.3, 0.4) is 0 Å². The average Bonchev–Trinajstić information content (AvgIpc) is 3.40. The molecule has 0 aliphatic carbocycles. The van der Waals surface area contributed by atoms with Crippen LogP contribution in [0, 0.1) is 6.92 Å². The van der Waals surface area contributed by atoms with E-state index in [2.05, 4.69) is 47.2 Å². The molecule has 1 unspecified atom stereocenters. The summed E-state index contributed by atoms with van der Waals surface area (Å²) in [6, 6.07) is 21.1. The van der Waals surface area contributed by atoms with E-state index in [1.54, 1.807) is 16.4 Å². The SMILES string of the molecule is CCCSc1nc2n(n1)C(c1cc(Br)c(OCc3cccc(C)c3)c(OCC)c1)C(C(=O)OCc1ccccc1)=C(C)N2. The van der Waals surface area contributed by atoms with Gasteiger partial charge in [0.25, 0.3) is 0 Å². The number of hydrogen-bond acceptors (Lipinski definition) is 8. The number of nitrogens with one attached hydrogen (secondary N) is 1. The van der Waals surface area contributed by atoms with Crippen molar-refractivity contribution in [2.75, 3.05) is 17.7 Å². The Balaban J connectivity index is 1.53. The number of thioether (sulfide) groups is 1. The highest BCUT2D eigenvalue weighted by atomic mass is 79.9. The third-order valence-corrected chi connectivity index (χ3v) is 8.45. The van der Waals surface area contributed by atoms with Crippen molar-refractivity contribution in [2.45, 2.75) is 58.5 Å². The van der Waals surface area contributed by atoms with Gasteiger partial charge in [-0.15, -0.1) is 5.10 Å². The smallest absolute Gasteiger partial charge is 0.338 e. The van der Waals surface area contributed by atoms with E-state index in [-0.39, 0.29) is 6.61 Å². The summed E-state index contributed by atoms with van der Waals surface area (Å²) in [5.74, 6) is 2.17. The molecule has 4 aromatic rings. The Hall–Kier alpha value is -3.76. The first-order valence-electron chi connectivity index (χ1n) is 14.3. The molecule has 0 bridgehead atoms. The van der Waals surface area contributed by atoms with Gasteiger partial charge in [-0.05, 0) is 71.9 Å². The fraction of sp³-hybridized carbons (Fsp3) is 0.303. The Kier molecular flexibility index (Phi) is 10.1. The summed E-state index contributed by atoms with van der Waals surface area (Å²) < 4.78 is 20.7. The van der Waals surface area contributed by atoms with E-state index in [1.807, 2.05) is 68.4 Å². The zero-order valence-corrected chi connectivity index (χ0v) is 27.1. The van der Waals surface area contributed by atoms with Crippen LogP contribution >= 0.6 is 27.7 Å². The number of aryl methyl sites for hydroxylation is 1. The number of fused-ring (bicyclic) bond motifs is 1. The number of ether oxygens (including phenoxy) is 3. The molecule has 0 saturated heterocycles. The lowest BCUT2D eigenvalue weighted by molar-refractivity contribution is -0.140. The molecule has 224 valence electrons. The summed E-state index contributed by atoms with van der Waals surface area (Å²) in [5, 5.41) is 8.74. The molecule has 0 radical (unpaired) electrons. The highest BCUT2D eigenvalue weighted by Gasteiger charge is 2.36. The second-order valence-electron chi connectivity index (χ2n) is 10.2. The van der Waals surface area contributed by atoms with E-state index in [9.17, 15) is 4.79 Å². The van der Waals surface area contributed by atoms with Gasteiger partial charge in [0.15, 0.2) is 11.5 Å². The van der Waals surface area contributed by atoms with Gasteiger partial charge in [-0.25, -0.2) is 9.48 Å². The normalized spacial score (nSPS) is 14.2. The van der Waals surface area contributed by atoms with Crippen LogP contribution in [0.4, 0.5) is 5.95 Å². The van der Waals surface area contributed by atoms with Crippen molar-refractivity contribution in [2.24, 2.45) is 0 Å². The standard InChI is InChI=1S/C33H35BrN4O4S/c1-5-15-43-33-36-32-35-22(4)28(31(39)42-19-23-12-8-7-9-13-23)29(38(32)37-33)25-17-26(34)30(27(18-25)40-6-2)41-20-24-14-10-11-21(3)16-24/h7-14,16-18,29H,5-6,15,19-20H2,1-4H3,(H,35,36,37). The molecule has 1 aliphatic heterocycles. The first-order chi connectivity index (χ1) is 20.9. The Morgan fingerprint density at radius 3 is 2.53 bits per heavy atom. The third-order valence-electron chi connectivity index (χ3n) is 6.81. The number of anilines is 1. The van der Waals surface area contributed by atoms with Gasteiger partial charge in [-0.3, -0.25) is 0 Å². The van der Waals surface area contributed by atoms with Crippen molar-refractivity contribution in [1.82, 2.24) is 14.8 Å². The molecule has 1 aliphatic rings. The number of benzene rings is 3. The molecule has 3 aromatic carbocycles. The molecule has 43 heavy (non-hydrogen) atoms. The van der Waals surface area contributed by atoms with Crippen molar-refractivity contribution in [3.63, 3.8) is 0 Å².